The Bertz CT molecular complexity index is 1630. The third-order valence-corrected chi connectivity index (χ3v) is 10.3. The summed E-state index contributed by atoms with van der Waals surface area (Å²) in [6.07, 6.45) is 11.2. The van der Waals surface area contributed by atoms with Gasteiger partial charge in [0.2, 0.25) is 0 Å². The number of carbonyl (C=O) groups excluding carboxylic acids is 1. The highest BCUT2D eigenvalue weighted by Gasteiger charge is 2.32. The van der Waals surface area contributed by atoms with E-state index >= 15 is 0 Å². The molecule has 0 unspecified atom stereocenters. The van der Waals surface area contributed by atoms with Gasteiger partial charge in [0.25, 0.3) is 5.91 Å². The highest BCUT2D eigenvalue weighted by Crippen LogP contribution is 2.34. The van der Waals surface area contributed by atoms with Gasteiger partial charge in [0, 0.05) is 73.4 Å². The summed E-state index contributed by atoms with van der Waals surface area (Å²) in [6.45, 7) is 11.8. The number of aliphatic imine (C=N–C) groups is 1. The smallest absolute Gasteiger partial charge is 0.256 e. The minimum Gasteiger partial charge on any atom is -0.493 e. The summed E-state index contributed by atoms with van der Waals surface area (Å²) >= 11 is 0. The minimum absolute atomic E-state index is 0.108. The number of para-hydroxylation sites is 2. The number of fused-ring (bicyclic) bond motifs is 5. The van der Waals surface area contributed by atoms with Crippen molar-refractivity contribution in [3.63, 3.8) is 0 Å². The molecule has 46 heavy (non-hydrogen) atoms. The molecule has 7 rings (SSSR count). The highest BCUT2D eigenvalue weighted by molar-refractivity contribution is 6.08. The fourth-order valence-electron chi connectivity index (χ4n) is 7.69. The van der Waals surface area contributed by atoms with E-state index in [4.69, 9.17) is 4.74 Å². The van der Waals surface area contributed by atoms with Crippen molar-refractivity contribution < 1.29 is 9.53 Å². The predicted octanol–water partition coefficient (Wildman–Crippen LogP) is 7.46. The van der Waals surface area contributed by atoms with Crippen molar-refractivity contribution in [1.82, 2.24) is 19.3 Å². The van der Waals surface area contributed by atoms with Gasteiger partial charge >= 0.3 is 0 Å². The van der Waals surface area contributed by atoms with Crippen LogP contribution in [0.5, 0.6) is 5.75 Å². The number of amides is 1. The molecule has 0 radical (unpaired) electrons. The van der Waals surface area contributed by atoms with Gasteiger partial charge in [0.15, 0.2) is 0 Å². The van der Waals surface area contributed by atoms with E-state index in [1.807, 2.05) is 30.2 Å². The van der Waals surface area contributed by atoms with Crippen molar-refractivity contribution >= 4 is 39.6 Å². The number of rotatable bonds is 13. The molecule has 0 bridgehead atoms. The van der Waals surface area contributed by atoms with Gasteiger partial charge in [0.05, 0.1) is 23.9 Å². The van der Waals surface area contributed by atoms with E-state index in [0.29, 0.717) is 12.2 Å². The van der Waals surface area contributed by atoms with E-state index in [9.17, 15) is 4.79 Å². The molecule has 2 saturated heterocycles. The van der Waals surface area contributed by atoms with Crippen LogP contribution in [0, 0.1) is 6.92 Å². The summed E-state index contributed by atoms with van der Waals surface area (Å²) in [5.74, 6) is 0.963. The molecule has 2 fully saturated rings. The average molecular weight is 620 g/mol. The summed E-state index contributed by atoms with van der Waals surface area (Å²) in [6, 6.07) is 21.7. The third kappa shape index (κ3) is 6.72. The first-order valence-corrected chi connectivity index (χ1v) is 17.7. The standard InChI is InChI=1S/C39H49N5O2/c1-30-27-34-35(40-29-31-13-12-21-43(31)39(34)45)28-38(30)46-26-11-3-9-19-42-24-22-41(23-25-42)18-8-2-10-20-44-36-16-6-4-14-32(36)33-15-5-7-17-37(33)44/h4-7,14-17,27-29,31H,2-3,8-13,18-26H2,1H3/t31-/m0/s1. The van der Waals surface area contributed by atoms with E-state index in [-0.39, 0.29) is 11.9 Å². The maximum Gasteiger partial charge on any atom is 0.256 e. The fourth-order valence-corrected chi connectivity index (χ4v) is 7.69. The molecule has 3 aliphatic heterocycles. The summed E-state index contributed by atoms with van der Waals surface area (Å²) in [4.78, 5) is 25.0. The van der Waals surface area contributed by atoms with Crippen LogP contribution < -0.4 is 4.74 Å². The summed E-state index contributed by atoms with van der Waals surface area (Å²) < 4.78 is 8.69. The molecule has 4 heterocycles. The van der Waals surface area contributed by atoms with Crippen LogP contribution in [0.15, 0.2) is 65.7 Å². The maximum absolute atomic E-state index is 13.0. The van der Waals surface area contributed by atoms with Crippen LogP contribution in [0.25, 0.3) is 21.8 Å². The topological polar surface area (TPSA) is 53.3 Å². The molecular formula is C39H49N5O2. The number of unbranched alkanes of at least 4 members (excludes halogenated alkanes) is 4. The Balaban J connectivity index is 0.767. The predicted molar refractivity (Wildman–Crippen MR) is 189 cm³/mol. The second-order valence-electron chi connectivity index (χ2n) is 13.5. The molecule has 1 amide bonds. The van der Waals surface area contributed by atoms with E-state index < -0.39 is 0 Å². The van der Waals surface area contributed by atoms with Gasteiger partial charge in [0.1, 0.15) is 5.75 Å². The molecule has 0 spiro atoms. The van der Waals surface area contributed by atoms with Crippen molar-refractivity contribution in [1.29, 1.82) is 0 Å². The minimum atomic E-state index is 0.108. The van der Waals surface area contributed by atoms with Crippen molar-refractivity contribution in [2.45, 2.75) is 70.9 Å². The molecule has 7 heteroatoms. The van der Waals surface area contributed by atoms with Crippen molar-refractivity contribution in [3.05, 3.63) is 71.8 Å². The molecular weight excluding hydrogens is 570 g/mol. The van der Waals surface area contributed by atoms with Crippen LogP contribution in [-0.4, -0.2) is 89.9 Å². The molecule has 3 aromatic carbocycles. The Morgan fingerprint density at radius 1 is 0.761 bits per heavy atom. The van der Waals surface area contributed by atoms with Crippen LogP contribution in [0.1, 0.15) is 67.3 Å². The molecule has 4 aromatic rings. The molecule has 3 aliphatic rings. The average Bonchev–Trinajstić information content (AvgIpc) is 3.66. The molecule has 7 nitrogen and oxygen atoms in total. The van der Waals surface area contributed by atoms with Gasteiger partial charge in [-0.3, -0.25) is 9.79 Å². The Morgan fingerprint density at radius 2 is 1.39 bits per heavy atom. The Morgan fingerprint density at radius 3 is 2.09 bits per heavy atom. The Labute approximate surface area is 273 Å². The maximum atomic E-state index is 13.0. The van der Waals surface area contributed by atoms with Gasteiger partial charge < -0.3 is 24.0 Å². The summed E-state index contributed by atoms with van der Waals surface area (Å²) in [5.41, 5.74) is 5.20. The van der Waals surface area contributed by atoms with E-state index in [1.54, 1.807) is 0 Å². The van der Waals surface area contributed by atoms with Crippen molar-refractivity contribution in [2.75, 3.05) is 52.4 Å². The quantitative estimate of drug-likeness (QED) is 0.146. The highest BCUT2D eigenvalue weighted by atomic mass is 16.5. The second-order valence-corrected chi connectivity index (χ2v) is 13.5. The van der Waals surface area contributed by atoms with Gasteiger partial charge in [-0.2, -0.15) is 0 Å². The van der Waals surface area contributed by atoms with Crippen molar-refractivity contribution in [3.8, 4) is 5.75 Å². The van der Waals surface area contributed by atoms with Gasteiger partial charge in [-0.25, -0.2) is 0 Å². The zero-order chi connectivity index (χ0) is 31.3. The summed E-state index contributed by atoms with van der Waals surface area (Å²) in [7, 11) is 0. The lowest BCUT2D eigenvalue weighted by Gasteiger charge is -2.34. The molecule has 1 aromatic heterocycles. The number of hydrogen-bond donors (Lipinski definition) is 0. The number of benzene rings is 3. The zero-order valence-electron chi connectivity index (χ0n) is 27.5. The first-order chi connectivity index (χ1) is 22.7. The number of piperazine rings is 1. The Hall–Kier alpha value is -3.68. The number of carbonyl (C=O) groups is 1. The van der Waals surface area contributed by atoms with E-state index in [2.05, 4.69) is 67.9 Å². The van der Waals surface area contributed by atoms with Gasteiger partial charge in [-0.15, -0.1) is 0 Å². The van der Waals surface area contributed by atoms with Crippen LogP contribution in [0.4, 0.5) is 5.69 Å². The summed E-state index contributed by atoms with van der Waals surface area (Å²) in [5, 5.41) is 2.74. The monoisotopic (exact) mass is 619 g/mol. The largest absolute Gasteiger partial charge is 0.493 e. The number of ether oxygens (including phenoxy) is 1. The van der Waals surface area contributed by atoms with Crippen LogP contribution >= 0.6 is 0 Å². The third-order valence-electron chi connectivity index (χ3n) is 10.3. The number of aryl methyl sites for hydroxylation is 2. The molecule has 242 valence electrons. The van der Waals surface area contributed by atoms with Crippen molar-refractivity contribution in [2.24, 2.45) is 4.99 Å². The fraction of sp³-hybridized carbons (Fsp3) is 0.487. The SMILES string of the molecule is Cc1cc2c(cc1OCCCCCN1CCN(CCCCCn3c4ccccc4c4ccccc43)CC1)N=C[C@@H]1CCCN1C2=O. The number of aromatic nitrogens is 1. The first-order valence-electron chi connectivity index (χ1n) is 17.7. The molecule has 0 N–H and O–H groups in total. The second kappa shape index (κ2) is 14.4. The molecule has 1 atom stereocenters. The van der Waals surface area contributed by atoms with E-state index in [0.717, 1.165) is 49.4 Å². The van der Waals surface area contributed by atoms with Crippen LogP contribution in [0.3, 0.4) is 0 Å². The van der Waals surface area contributed by atoms with E-state index in [1.165, 1.54) is 93.2 Å². The van der Waals surface area contributed by atoms with Crippen LogP contribution in [-0.2, 0) is 6.54 Å². The lowest BCUT2D eigenvalue weighted by Crippen LogP contribution is -2.46. The normalized spacial score (nSPS) is 18.8. The molecule has 0 saturated carbocycles. The van der Waals surface area contributed by atoms with Gasteiger partial charge in [-0.1, -0.05) is 42.8 Å². The number of nitrogens with zero attached hydrogens (tertiary/aromatic N) is 5. The lowest BCUT2D eigenvalue weighted by atomic mass is 10.1. The Kier molecular flexibility index (Phi) is 9.68. The molecule has 0 aliphatic carbocycles. The van der Waals surface area contributed by atoms with Crippen LogP contribution in [0.2, 0.25) is 0 Å². The zero-order valence-corrected chi connectivity index (χ0v) is 27.5. The first kappa shape index (κ1) is 30.9. The number of hydrogen-bond acceptors (Lipinski definition) is 5. The lowest BCUT2D eigenvalue weighted by molar-refractivity contribution is 0.0774. The van der Waals surface area contributed by atoms with Gasteiger partial charge in [-0.05, 0) is 88.7 Å².